The molecule has 2 bridgehead atoms. The van der Waals surface area contributed by atoms with Gasteiger partial charge in [0.25, 0.3) is 5.91 Å². The minimum Gasteiger partial charge on any atom is -0.367 e. The van der Waals surface area contributed by atoms with Gasteiger partial charge in [-0.15, -0.1) is 0 Å². The molecule has 0 unspecified atom stereocenters. The highest BCUT2D eigenvalue weighted by Gasteiger charge is 2.39. The molecule has 2 saturated carbocycles. The lowest BCUT2D eigenvalue weighted by atomic mass is 9.95. The SMILES string of the molecule is O=C(NCC=C1CCSCC1)c1ccnc(N[C@H]2C[C@H]3CC[C@@H]2C3)c1. The monoisotopic (exact) mass is 357 g/mol. The van der Waals surface area contributed by atoms with E-state index in [-0.39, 0.29) is 5.91 Å². The second-order valence-corrected chi connectivity index (χ2v) is 8.76. The highest BCUT2D eigenvalue weighted by molar-refractivity contribution is 7.99. The van der Waals surface area contributed by atoms with Crippen molar-refractivity contribution in [1.82, 2.24) is 10.3 Å². The molecule has 1 aliphatic heterocycles. The maximum atomic E-state index is 12.4. The van der Waals surface area contributed by atoms with Gasteiger partial charge in [-0.25, -0.2) is 4.98 Å². The lowest BCUT2D eigenvalue weighted by Crippen LogP contribution is -2.27. The summed E-state index contributed by atoms with van der Waals surface area (Å²) in [6.45, 7) is 0.621. The van der Waals surface area contributed by atoms with Crippen LogP contribution in [0.25, 0.3) is 0 Å². The van der Waals surface area contributed by atoms with E-state index in [0.29, 0.717) is 18.2 Å². The number of nitrogens with one attached hydrogen (secondary N) is 2. The largest absolute Gasteiger partial charge is 0.367 e. The number of carbonyl (C=O) groups excluding carboxylic acids is 1. The summed E-state index contributed by atoms with van der Waals surface area (Å²) in [4.78, 5) is 16.8. The molecule has 3 aliphatic rings. The number of carbonyl (C=O) groups is 1. The van der Waals surface area contributed by atoms with Crippen molar-refractivity contribution in [2.75, 3.05) is 23.4 Å². The van der Waals surface area contributed by atoms with Gasteiger partial charge in [0.1, 0.15) is 5.82 Å². The van der Waals surface area contributed by atoms with Crippen LogP contribution < -0.4 is 10.6 Å². The fourth-order valence-corrected chi connectivity index (χ4v) is 5.51. The number of rotatable bonds is 5. The Kier molecular flexibility index (Phi) is 5.30. The summed E-state index contributed by atoms with van der Waals surface area (Å²) in [7, 11) is 0. The Bertz CT molecular complexity index is 652. The number of amides is 1. The van der Waals surface area contributed by atoms with Crippen molar-refractivity contribution in [3.05, 3.63) is 35.5 Å². The molecule has 1 saturated heterocycles. The van der Waals surface area contributed by atoms with Gasteiger partial charge in [0, 0.05) is 24.3 Å². The third kappa shape index (κ3) is 4.20. The van der Waals surface area contributed by atoms with Crippen LogP contribution in [0.15, 0.2) is 30.0 Å². The van der Waals surface area contributed by atoms with E-state index < -0.39 is 0 Å². The molecule has 4 rings (SSSR count). The zero-order chi connectivity index (χ0) is 17.1. The molecule has 134 valence electrons. The minimum absolute atomic E-state index is 0.0135. The van der Waals surface area contributed by atoms with Crippen LogP contribution in [-0.4, -0.2) is 35.0 Å². The standard InChI is InChI=1S/C20H27N3OS/c24-20(22-7-3-14-5-9-25-10-6-14)17-4-8-21-19(13-17)23-18-12-15-1-2-16(18)11-15/h3-4,8,13,15-16,18H,1-2,5-7,9-12H2,(H,21,23)(H,22,24)/t15-,16+,18-/m0/s1. The van der Waals surface area contributed by atoms with E-state index >= 15 is 0 Å². The smallest absolute Gasteiger partial charge is 0.251 e. The third-order valence-electron chi connectivity index (χ3n) is 5.88. The molecule has 0 spiro atoms. The van der Waals surface area contributed by atoms with Gasteiger partial charge >= 0.3 is 0 Å². The maximum absolute atomic E-state index is 12.4. The molecule has 3 fully saturated rings. The van der Waals surface area contributed by atoms with Crippen LogP contribution in [-0.2, 0) is 0 Å². The number of aromatic nitrogens is 1. The van der Waals surface area contributed by atoms with Crippen molar-refractivity contribution in [3.8, 4) is 0 Å². The van der Waals surface area contributed by atoms with Crippen LogP contribution in [0.3, 0.4) is 0 Å². The summed E-state index contributed by atoms with van der Waals surface area (Å²) in [6.07, 6.45) is 11.6. The summed E-state index contributed by atoms with van der Waals surface area (Å²) >= 11 is 2.01. The average molecular weight is 358 g/mol. The molecule has 2 aliphatic carbocycles. The van der Waals surface area contributed by atoms with Crippen molar-refractivity contribution >= 4 is 23.5 Å². The van der Waals surface area contributed by atoms with Crippen molar-refractivity contribution in [2.45, 2.75) is 44.6 Å². The first kappa shape index (κ1) is 17.0. The molecule has 25 heavy (non-hydrogen) atoms. The lowest BCUT2D eigenvalue weighted by Gasteiger charge is -2.23. The minimum atomic E-state index is -0.0135. The number of hydrogen-bond donors (Lipinski definition) is 2. The van der Waals surface area contributed by atoms with Crippen molar-refractivity contribution in [2.24, 2.45) is 11.8 Å². The van der Waals surface area contributed by atoms with Gasteiger partial charge in [-0.2, -0.15) is 11.8 Å². The molecular weight excluding hydrogens is 330 g/mol. The first-order valence-corrected chi connectivity index (χ1v) is 10.7. The van der Waals surface area contributed by atoms with Gasteiger partial charge in [-0.05, 0) is 67.6 Å². The fraction of sp³-hybridized carbons (Fsp3) is 0.600. The van der Waals surface area contributed by atoms with Gasteiger partial charge in [-0.1, -0.05) is 18.1 Å². The summed E-state index contributed by atoms with van der Waals surface area (Å²) < 4.78 is 0. The third-order valence-corrected chi connectivity index (χ3v) is 6.87. The number of allylic oxidation sites excluding steroid dienone is 1. The normalized spacial score (nSPS) is 28.0. The van der Waals surface area contributed by atoms with Crippen LogP contribution in [0, 0.1) is 11.8 Å². The van der Waals surface area contributed by atoms with Crippen molar-refractivity contribution < 1.29 is 4.79 Å². The molecule has 2 heterocycles. The average Bonchev–Trinajstić information content (AvgIpc) is 3.26. The van der Waals surface area contributed by atoms with Gasteiger partial charge in [0.2, 0.25) is 0 Å². The number of pyridine rings is 1. The molecule has 0 aromatic carbocycles. The topological polar surface area (TPSA) is 54.0 Å². The van der Waals surface area contributed by atoms with Gasteiger partial charge in [0.05, 0.1) is 0 Å². The highest BCUT2D eigenvalue weighted by atomic mass is 32.2. The Morgan fingerprint density at radius 1 is 1.28 bits per heavy atom. The Morgan fingerprint density at radius 2 is 2.16 bits per heavy atom. The second-order valence-electron chi connectivity index (χ2n) is 7.54. The van der Waals surface area contributed by atoms with Crippen molar-refractivity contribution in [3.63, 3.8) is 0 Å². The zero-order valence-corrected chi connectivity index (χ0v) is 15.5. The van der Waals surface area contributed by atoms with E-state index in [1.54, 1.807) is 12.3 Å². The predicted molar refractivity (Wildman–Crippen MR) is 104 cm³/mol. The predicted octanol–water partition coefficient (Wildman–Crippen LogP) is 3.87. The maximum Gasteiger partial charge on any atom is 0.251 e. The number of anilines is 1. The fourth-order valence-electron chi connectivity index (χ4n) is 4.49. The summed E-state index contributed by atoms with van der Waals surface area (Å²) in [5, 5.41) is 6.59. The Morgan fingerprint density at radius 3 is 2.92 bits per heavy atom. The molecule has 4 nitrogen and oxygen atoms in total. The van der Waals surface area contributed by atoms with E-state index in [0.717, 1.165) is 30.5 Å². The van der Waals surface area contributed by atoms with Crippen LogP contribution in [0.2, 0.25) is 0 Å². The summed E-state index contributed by atoms with van der Waals surface area (Å²) in [6, 6.07) is 4.23. The van der Waals surface area contributed by atoms with Gasteiger partial charge in [-0.3, -0.25) is 4.79 Å². The summed E-state index contributed by atoms with van der Waals surface area (Å²) in [5.74, 6) is 4.95. The Hall–Kier alpha value is -1.49. The molecule has 1 amide bonds. The van der Waals surface area contributed by atoms with E-state index in [4.69, 9.17) is 0 Å². The Labute approximate surface area is 154 Å². The van der Waals surface area contributed by atoms with E-state index in [1.165, 1.54) is 42.8 Å². The van der Waals surface area contributed by atoms with Gasteiger partial charge in [0.15, 0.2) is 0 Å². The molecule has 3 atom stereocenters. The molecule has 5 heteroatoms. The highest BCUT2D eigenvalue weighted by Crippen LogP contribution is 2.45. The lowest BCUT2D eigenvalue weighted by molar-refractivity contribution is 0.0958. The molecular formula is C20H27N3OS. The first-order valence-electron chi connectivity index (χ1n) is 9.54. The molecule has 1 aromatic heterocycles. The Balaban J connectivity index is 1.31. The zero-order valence-electron chi connectivity index (χ0n) is 14.7. The van der Waals surface area contributed by atoms with Gasteiger partial charge < -0.3 is 10.6 Å². The number of thioether (sulfide) groups is 1. The second kappa shape index (κ2) is 7.81. The van der Waals surface area contributed by atoms with E-state index in [9.17, 15) is 4.79 Å². The first-order chi connectivity index (χ1) is 12.3. The number of hydrogen-bond acceptors (Lipinski definition) is 4. The summed E-state index contributed by atoms with van der Waals surface area (Å²) in [5.41, 5.74) is 2.17. The molecule has 1 aromatic rings. The number of fused-ring (bicyclic) bond motifs is 2. The van der Waals surface area contributed by atoms with E-state index in [1.807, 2.05) is 17.8 Å². The van der Waals surface area contributed by atoms with Crippen LogP contribution in [0.4, 0.5) is 5.82 Å². The number of nitrogens with zero attached hydrogens (tertiary/aromatic N) is 1. The van der Waals surface area contributed by atoms with Crippen molar-refractivity contribution in [1.29, 1.82) is 0 Å². The quantitative estimate of drug-likeness (QED) is 0.786. The van der Waals surface area contributed by atoms with Crippen LogP contribution >= 0.6 is 11.8 Å². The van der Waals surface area contributed by atoms with Crippen LogP contribution in [0.5, 0.6) is 0 Å². The molecule has 2 N–H and O–H groups in total. The van der Waals surface area contributed by atoms with E-state index in [2.05, 4.69) is 21.7 Å². The molecule has 0 radical (unpaired) electrons. The van der Waals surface area contributed by atoms with Crippen LogP contribution in [0.1, 0.15) is 48.9 Å².